The first kappa shape index (κ1) is 17.0. The van der Waals surface area contributed by atoms with Crippen molar-refractivity contribution in [2.45, 2.75) is 32.9 Å². The van der Waals surface area contributed by atoms with Crippen molar-refractivity contribution in [2.75, 3.05) is 19.0 Å². The number of anilines is 1. The van der Waals surface area contributed by atoms with Gasteiger partial charge in [-0.1, -0.05) is 5.16 Å². The number of aryl methyl sites for hydroxylation is 1. The highest BCUT2D eigenvalue weighted by Gasteiger charge is 2.13. The maximum absolute atomic E-state index is 5.26. The highest BCUT2D eigenvalue weighted by Crippen LogP contribution is 2.20. The van der Waals surface area contributed by atoms with Crippen molar-refractivity contribution >= 4 is 5.82 Å². The average Bonchev–Trinajstić information content (AvgIpc) is 3.29. The largest absolute Gasteiger partial charge is 0.384 e. The minimum Gasteiger partial charge on any atom is -0.384 e. The molecule has 0 spiro atoms. The maximum atomic E-state index is 5.26. The van der Waals surface area contributed by atoms with Gasteiger partial charge in [-0.25, -0.2) is 14.6 Å². The zero-order chi connectivity index (χ0) is 17.6. The number of ether oxygens (including phenoxy) is 1. The van der Waals surface area contributed by atoms with Crippen LogP contribution in [0.5, 0.6) is 0 Å². The summed E-state index contributed by atoms with van der Waals surface area (Å²) in [5, 5.41) is 11.4. The Morgan fingerprint density at radius 2 is 2.20 bits per heavy atom. The molecular weight excluding hydrogens is 322 g/mol. The van der Waals surface area contributed by atoms with Gasteiger partial charge in [0.2, 0.25) is 0 Å². The lowest BCUT2D eigenvalue weighted by Gasteiger charge is -2.14. The second kappa shape index (κ2) is 7.84. The molecule has 0 saturated heterocycles. The number of nitrogens with one attached hydrogen (secondary N) is 1. The summed E-state index contributed by atoms with van der Waals surface area (Å²) in [6.45, 7) is 5.38. The molecule has 0 saturated carbocycles. The van der Waals surface area contributed by atoms with Gasteiger partial charge in [0.15, 0.2) is 5.82 Å². The average molecular weight is 343 g/mol. The summed E-state index contributed by atoms with van der Waals surface area (Å²) in [4.78, 5) is 13.0. The first-order valence-corrected chi connectivity index (χ1v) is 8.13. The van der Waals surface area contributed by atoms with Gasteiger partial charge in [-0.2, -0.15) is 10.1 Å². The minimum absolute atomic E-state index is 0.00940. The first-order valence-electron chi connectivity index (χ1n) is 8.13. The molecule has 3 rings (SSSR count). The molecule has 9 heteroatoms. The topological polar surface area (TPSA) is 104 Å². The van der Waals surface area contributed by atoms with Crippen LogP contribution in [0.3, 0.4) is 0 Å². The standard InChI is InChI=1S/C16H21N7O2/c1-4-23-15(18-10-19-23)11(2)20-13-6-5-12(9-17-13)16-21-14(22-25-16)7-8-24-3/h5-6,9-11H,4,7-8H2,1-3H3,(H,17,20)/t11-/m1/s1. The van der Waals surface area contributed by atoms with Crippen molar-refractivity contribution in [1.82, 2.24) is 29.9 Å². The van der Waals surface area contributed by atoms with Crippen molar-refractivity contribution in [3.63, 3.8) is 0 Å². The lowest BCUT2D eigenvalue weighted by molar-refractivity contribution is 0.199. The predicted octanol–water partition coefficient (Wildman–Crippen LogP) is 2.10. The predicted molar refractivity (Wildman–Crippen MR) is 90.8 cm³/mol. The van der Waals surface area contributed by atoms with Crippen LogP contribution in [-0.4, -0.2) is 43.6 Å². The highest BCUT2D eigenvalue weighted by atomic mass is 16.5. The molecule has 25 heavy (non-hydrogen) atoms. The van der Waals surface area contributed by atoms with Crippen LogP contribution < -0.4 is 5.32 Å². The van der Waals surface area contributed by atoms with E-state index >= 15 is 0 Å². The Kier molecular flexibility index (Phi) is 5.34. The quantitative estimate of drug-likeness (QED) is 0.663. The molecule has 0 aromatic carbocycles. The number of methoxy groups -OCH3 is 1. The summed E-state index contributed by atoms with van der Waals surface area (Å²) < 4.78 is 12.1. The van der Waals surface area contributed by atoms with E-state index in [1.165, 1.54) is 0 Å². The molecule has 1 atom stereocenters. The summed E-state index contributed by atoms with van der Waals surface area (Å²) in [6.07, 6.45) is 3.88. The minimum atomic E-state index is -0.00940. The van der Waals surface area contributed by atoms with Crippen LogP contribution in [0.25, 0.3) is 11.5 Å². The SMILES string of the molecule is CCn1ncnc1[C@@H](C)Nc1ccc(-c2nc(CCOC)no2)cn1. The number of hydrogen-bond acceptors (Lipinski definition) is 8. The van der Waals surface area contributed by atoms with Crippen LogP contribution >= 0.6 is 0 Å². The Labute approximate surface area is 145 Å². The van der Waals surface area contributed by atoms with Gasteiger partial charge in [0.1, 0.15) is 18.0 Å². The Hall–Kier alpha value is -2.81. The van der Waals surface area contributed by atoms with Crippen molar-refractivity contribution in [1.29, 1.82) is 0 Å². The summed E-state index contributed by atoms with van der Waals surface area (Å²) in [5.41, 5.74) is 0.770. The van der Waals surface area contributed by atoms with Crippen molar-refractivity contribution in [2.24, 2.45) is 0 Å². The lowest BCUT2D eigenvalue weighted by Crippen LogP contribution is -2.14. The molecule has 3 aromatic heterocycles. The van der Waals surface area contributed by atoms with Gasteiger partial charge in [0.25, 0.3) is 5.89 Å². The molecular formula is C16H21N7O2. The van der Waals surface area contributed by atoms with Crippen LogP contribution in [0, 0.1) is 0 Å². The van der Waals surface area contributed by atoms with Gasteiger partial charge in [-0.15, -0.1) is 0 Å². The molecule has 1 N–H and O–H groups in total. The van der Waals surface area contributed by atoms with E-state index in [1.54, 1.807) is 19.6 Å². The zero-order valence-corrected chi connectivity index (χ0v) is 14.5. The van der Waals surface area contributed by atoms with Gasteiger partial charge in [-0.3, -0.25) is 0 Å². The second-order valence-corrected chi connectivity index (χ2v) is 5.49. The van der Waals surface area contributed by atoms with E-state index in [2.05, 4.69) is 30.5 Å². The van der Waals surface area contributed by atoms with Gasteiger partial charge >= 0.3 is 0 Å². The van der Waals surface area contributed by atoms with E-state index in [0.717, 1.165) is 23.8 Å². The van der Waals surface area contributed by atoms with Crippen molar-refractivity contribution in [3.8, 4) is 11.5 Å². The smallest absolute Gasteiger partial charge is 0.259 e. The zero-order valence-electron chi connectivity index (χ0n) is 14.5. The summed E-state index contributed by atoms with van der Waals surface area (Å²) >= 11 is 0. The maximum Gasteiger partial charge on any atom is 0.259 e. The second-order valence-electron chi connectivity index (χ2n) is 5.49. The molecule has 132 valence electrons. The molecule has 0 aliphatic rings. The summed E-state index contributed by atoms with van der Waals surface area (Å²) in [7, 11) is 1.64. The van der Waals surface area contributed by atoms with E-state index in [4.69, 9.17) is 9.26 Å². The molecule has 0 bridgehead atoms. The first-order chi connectivity index (χ1) is 12.2. The molecule has 0 amide bonds. The Morgan fingerprint density at radius 1 is 1.32 bits per heavy atom. The highest BCUT2D eigenvalue weighted by molar-refractivity contribution is 5.54. The Balaban J connectivity index is 1.67. The van der Waals surface area contributed by atoms with Crippen molar-refractivity contribution < 1.29 is 9.26 Å². The fourth-order valence-corrected chi connectivity index (χ4v) is 2.41. The van der Waals surface area contributed by atoms with Gasteiger partial charge in [0, 0.05) is 26.3 Å². The van der Waals surface area contributed by atoms with Crippen molar-refractivity contribution in [3.05, 3.63) is 36.3 Å². The van der Waals surface area contributed by atoms with E-state index < -0.39 is 0 Å². The molecule has 0 aliphatic heterocycles. The van der Waals surface area contributed by atoms with E-state index in [0.29, 0.717) is 24.7 Å². The molecule has 0 radical (unpaired) electrons. The fraction of sp³-hybridized carbons (Fsp3) is 0.438. The molecule has 0 fully saturated rings. The number of pyridine rings is 1. The molecule has 9 nitrogen and oxygen atoms in total. The summed E-state index contributed by atoms with van der Waals surface area (Å²) in [6, 6.07) is 3.75. The third-order valence-corrected chi connectivity index (χ3v) is 3.71. The number of hydrogen-bond donors (Lipinski definition) is 1. The van der Waals surface area contributed by atoms with Crippen LogP contribution in [0.15, 0.2) is 29.2 Å². The summed E-state index contributed by atoms with van der Waals surface area (Å²) in [5.74, 6) is 2.67. The normalized spacial score (nSPS) is 12.3. The van der Waals surface area contributed by atoms with Gasteiger partial charge < -0.3 is 14.6 Å². The fourth-order valence-electron chi connectivity index (χ4n) is 2.41. The molecule has 3 aromatic rings. The number of nitrogens with zero attached hydrogens (tertiary/aromatic N) is 6. The number of aromatic nitrogens is 6. The Bertz CT molecular complexity index is 797. The van der Waals surface area contributed by atoms with Crippen LogP contribution in [0.4, 0.5) is 5.82 Å². The van der Waals surface area contributed by atoms with Crippen LogP contribution in [0.1, 0.15) is 31.5 Å². The monoisotopic (exact) mass is 343 g/mol. The van der Waals surface area contributed by atoms with Gasteiger partial charge in [-0.05, 0) is 26.0 Å². The third-order valence-electron chi connectivity index (χ3n) is 3.71. The van der Waals surface area contributed by atoms with E-state index in [9.17, 15) is 0 Å². The lowest BCUT2D eigenvalue weighted by atomic mass is 10.2. The number of rotatable bonds is 8. The van der Waals surface area contributed by atoms with Gasteiger partial charge in [0.05, 0.1) is 18.2 Å². The Morgan fingerprint density at radius 3 is 2.92 bits per heavy atom. The molecule has 0 unspecified atom stereocenters. The van der Waals surface area contributed by atoms with E-state index in [1.807, 2.05) is 30.7 Å². The molecule has 3 heterocycles. The third kappa shape index (κ3) is 4.00. The van der Waals surface area contributed by atoms with Crippen LogP contribution in [0.2, 0.25) is 0 Å². The van der Waals surface area contributed by atoms with E-state index in [-0.39, 0.29) is 6.04 Å². The molecule has 0 aliphatic carbocycles. The van der Waals surface area contributed by atoms with Crippen LogP contribution in [-0.2, 0) is 17.7 Å².